The van der Waals surface area contributed by atoms with Crippen molar-refractivity contribution in [1.82, 2.24) is 20.0 Å². The number of likely N-dealkylation sites (tertiary alicyclic amines) is 1. The van der Waals surface area contributed by atoms with E-state index in [0.717, 1.165) is 18.5 Å². The van der Waals surface area contributed by atoms with Gasteiger partial charge in [0.1, 0.15) is 0 Å². The Bertz CT molecular complexity index is 432. The van der Waals surface area contributed by atoms with E-state index in [1.807, 2.05) is 20.3 Å². The normalized spacial score (nSPS) is 24.4. The van der Waals surface area contributed by atoms with Gasteiger partial charge in [-0.25, -0.2) is 0 Å². The van der Waals surface area contributed by atoms with Gasteiger partial charge in [-0.1, -0.05) is 0 Å². The van der Waals surface area contributed by atoms with Gasteiger partial charge in [0.25, 0.3) is 0 Å². The molecule has 2 atom stereocenters. The first kappa shape index (κ1) is 14.0. The van der Waals surface area contributed by atoms with Gasteiger partial charge in [-0.15, -0.1) is 0 Å². The number of piperidine rings is 1. The molecule has 1 aromatic rings. The van der Waals surface area contributed by atoms with Gasteiger partial charge in [0.2, 0.25) is 5.91 Å². The Morgan fingerprint density at radius 2 is 2.37 bits per heavy atom. The first-order valence-corrected chi connectivity index (χ1v) is 6.68. The topological polar surface area (TPSA) is 70.4 Å². The summed E-state index contributed by atoms with van der Waals surface area (Å²) in [7, 11) is 3.85. The lowest BCUT2D eigenvalue weighted by atomic mass is 9.94. The fourth-order valence-electron chi connectivity index (χ4n) is 2.42. The summed E-state index contributed by atoms with van der Waals surface area (Å²) in [5.74, 6) is -0.365. The number of hydrogen-bond donors (Lipinski definition) is 2. The Balaban J connectivity index is 1.77. The van der Waals surface area contributed by atoms with Crippen molar-refractivity contribution < 1.29 is 9.90 Å². The molecule has 1 aromatic heterocycles. The number of hydrogen-bond acceptors (Lipinski definition) is 4. The number of rotatable bonds is 4. The van der Waals surface area contributed by atoms with E-state index in [0.29, 0.717) is 19.5 Å². The fraction of sp³-hybridized carbons (Fsp3) is 0.692. The van der Waals surface area contributed by atoms with E-state index in [1.54, 1.807) is 10.9 Å². The molecule has 2 N–H and O–H groups in total. The second-order valence-corrected chi connectivity index (χ2v) is 5.29. The van der Waals surface area contributed by atoms with Crippen LogP contribution in [0.1, 0.15) is 12.0 Å². The van der Waals surface area contributed by atoms with Gasteiger partial charge < -0.3 is 15.3 Å². The summed E-state index contributed by atoms with van der Waals surface area (Å²) in [5, 5.41) is 16.9. The van der Waals surface area contributed by atoms with E-state index < -0.39 is 6.10 Å². The molecule has 1 fully saturated rings. The molecule has 0 aliphatic carbocycles. The molecule has 19 heavy (non-hydrogen) atoms. The molecule has 1 aliphatic rings. The van der Waals surface area contributed by atoms with E-state index in [-0.39, 0.29) is 11.8 Å². The van der Waals surface area contributed by atoms with Crippen LogP contribution in [-0.2, 0) is 18.3 Å². The van der Waals surface area contributed by atoms with E-state index in [4.69, 9.17) is 0 Å². The monoisotopic (exact) mass is 266 g/mol. The van der Waals surface area contributed by atoms with Crippen molar-refractivity contribution in [2.75, 3.05) is 26.7 Å². The van der Waals surface area contributed by atoms with Crippen LogP contribution in [0.2, 0.25) is 0 Å². The fourth-order valence-corrected chi connectivity index (χ4v) is 2.42. The van der Waals surface area contributed by atoms with Gasteiger partial charge in [0, 0.05) is 32.9 Å². The van der Waals surface area contributed by atoms with Crippen molar-refractivity contribution in [3.63, 3.8) is 0 Å². The Kier molecular flexibility index (Phi) is 4.55. The van der Waals surface area contributed by atoms with E-state index in [2.05, 4.69) is 15.3 Å². The molecule has 106 valence electrons. The molecule has 0 radical (unpaired) electrons. The standard InChI is InChI=1S/C13H22N4O2/c1-16-6-4-12(18)11(9-16)13(19)14-5-3-10-7-15-17(2)8-10/h7-8,11-12,18H,3-6,9H2,1-2H3,(H,14,19)/t11-,12-/m1/s1. The number of aliphatic hydroxyl groups excluding tert-OH is 1. The Morgan fingerprint density at radius 3 is 3.05 bits per heavy atom. The summed E-state index contributed by atoms with van der Waals surface area (Å²) in [6.45, 7) is 2.05. The summed E-state index contributed by atoms with van der Waals surface area (Å²) in [6, 6.07) is 0. The number of amides is 1. The molecule has 0 spiro atoms. The van der Waals surface area contributed by atoms with Crippen molar-refractivity contribution in [2.45, 2.75) is 18.9 Å². The van der Waals surface area contributed by atoms with E-state index in [1.165, 1.54) is 0 Å². The van der Waals surface area contributed by atoms with Crippen LogP contribution in [-0.4, -0.2) is 58.5 Å². The number of carbonyl (C=O) groups excluding carboxylic acids is 1. The van der Waals surface area contributed by atoms with Crippen molar-refractivity contribution in [2.24, 2.45) is 13.0 Å². The van der Waals surface area contributed by atoms with Crippen molar-refractivity contribution in [3.05, 3.63) is 18.0 Å². The number of nitrogens with zero attached hydrogens (tertiary/aromatic N) is 3. The SMILES string of the molecule is CN1CC[C@@H](O)[C@H](C(=O)NCCc2cnn(C)c2)C1. The van der Waals surface area contributed by atoms with Crippen LogP contribution >= 0.6 is 0 Å². The minimum absolute atomic E-state index is 0.0528. The molecule has 6 nitrogen and oxygen atoms in total. The number of nitrogens with one attached hydrogen (secondary N) is 1. The summed E-state index contributed by atoms with van der Waals surface area (Å²) < 4.78 is 1.75. The Hall–Kier alpha value is -1.40. The molecule has 0 bridgehead atoms. The predicted octanol–water partition coefficient (Wildman–Crippen LogP) is -0.609. The average molecular weight is 266 g/mol. The van der Waals surface area contributed by atoms with Crippen LogP contribution < -0.4 is 5.32 Å². The number of aromatic nitrogens is 2. The maximum Gasteiger partial charge on any atom is 0.227 e. The smallest absolute Gasteiger partial charge is 0.227 e. The van der Waals surface area contributed by atoms with Gasteiger partial charge in [-0.3, -0.25) is 9.48 Å². The first-order chi connectivity index (χ1) is 9.06. The highest BCUT2D eigenvalue weighted by atomic mass is 16.3. The minimum Gasteiger partial charge on any atom is -0.392 e. The van der Waals surface area contributed by atoms with Gasteiger partial charge >= 0.3 is 0 Å². The largest absolute Gasteiger partial charge is 0.392 e. The van der Waals surface area contributed by atoms with Crippen LogP contribution in [0.15, 0.2) is 12.4 Å². The van der Waals surface area contributed by atoms with Gasteiger partial charge in [0.15, 0.2) is 0 Å². The van der Waals surface area contributed by atoms with E-state index >= 15 is 0 Å². The molecule has 0 saturated carbocycles. The zero-order valence-electron chi connectivity index (χ0n) is 11.5. The second-order valence-electron chi connectivity index (χ2n) is 5.29. The molecular weight excluding hydrogens is 244 g/mol. The number of aryl methyl sites for hydroxylation is 1. The maximum atomic E-state index is 12.0. The van der Waals surface area contributed by atoms with Crippen LogP contribution in [0.5, 0.6) is 0 Å². The average Bonchev–Trinajstić information content (AvgIpc) is 2.78. The third kappa shape index (κ3) is 3.78. The molecule has 1 saturated heterocycles. The lowest BCUT2D eigenvalue weighted by Gasteiger charge is -2.32. The van der Waals surface area contributed by atoms with Gasteiger partial charge in [0.05, 0.1) is 18.2 Å². The molecule has 1 aliphatic heterocycles. The van der Waals surface area contributed by atoms with Crippen LogP contribution in [0, 0.1) is 5.92 Å². The molecule has 6 heteroatoms. The third-order valence-electron chi connectivity index (χ3n) is 3.59. The van der Waals surface area contributed by atoms with Crippen molar-refractivity contribution in [3.8, 4) is 0 Å². The molecule has 0 aromatic carbocycles. The van der Waals surface area contributed by atoms with Crippen LogP contribution in [0.25, 0.3) is 0 Å². The zero-order valence-corrected chi connectivity index (χ0v) is 11.5. The minimum atomic E-state index is -0.519. The van der Waals surface area contributed by atoms with Gasteiger partial charge in [-0.2, -0.15) is 5.10 Å². The zero-order chi connectivity index (χ0) is 13.8. The number of carbonyl (C=O) groups is 1. The van der Waals surface area contributed by atoms with Crippen molar-refractivity contribution >= 4 is 5.91 Å². The Labute approximate surface area is 113 Å². The second kappa shape index (κ2) is 6.16. The molecule has 0 unspecified atom stereocenters. The highest BCUT2D eigenvalue weighted by Gasteiger charge is 2.31. The van der Waals surface area contributed by atoms with Gasteiger partial charge in [-0.05, 0) is 25.5 Å². The lowest BCUT2D eigenvalue weighted by Crippen LogP contribution is -2.49. The molecule has 2 heterocycles. The summed E-state index contributed by atoms with van der Waals surface area (Å²) in [6.07, 6.45) is 4.65. The number of aliphatic hydroxyl groups is 1. The van der Waals surface area contributed by atoms with Crippen molar-refractivity contribution in [1.29, 1.82) is 0 Å². The molecular formula is C13H22N4O2. The lowest BCUT2D eigenvalue weighted by molar-refractivity contribution is -0.131. The highest BCUT2D eigenvalue weighted by Crippen LogP contribution is 2.16. The van der Waals surface area contributed by atoms with Crippen LogP contribution in [0.4, 0.5) is 0 Å². The van der Waals surface area contributed by atoms with E-state index in [9.17, 15) is 9.90 Å². The third-order valence-corrected chi connectivity index (χ3v) is 3.59. The maximum absolute atomic E-state index is 12.0. The molecule has 2 rings (SSSR count). The predicted molar refractivity (Wildman–Crippen MR) is 71.5 cm³/mol. The Morgan fingerprint density at radius 1 is 1.58 bits per heavy atom. The van der Waals surface area contributed by atoms with Crippen LogP contribution in [0.3, 0.4) is 0 Å². The quantitative estimate of drug-likeness (QED) is 0.763. The summed E-state index contributed by atoms with van der Waals surface area (Å²) in [4.78, 5) is 14.1. The summed E-state index contributed by atoms with van der Waals surface area (Å²) in [5.41, 5.74) is 1.10. The summed E-state index contributed by atoms with van der Waals surface area (Å²) >= 11 is 0. The highest BCUT2D eigenvalue weighted by molar-refractivity contribution is 5.79. The molecule has 1 amide bonds. The first-order valence-electron chi connectivity index (χ1n) is 6.68.